The number of imidazole rings is 1. The van der Waals surface area contributed by atoms with Gasteiger partial charge in [0, 0.05) is 29.0 Å². The summed E-state index contributed by atoms with van der Waals surface area (Å²) in [4.78, 5) is 17.0. The van der Waals surface area contributed by atoms with Crippen LogP contribution in [-0.4, -0.2) is 21.2 Å². The lowest BCUT2D eigenvalue weighted by molar-refractivity contribution is 0.0946. The summed E-state index contributed by atoms with van der Waals surface area (Å²) in [7, 11) is 0. The number of hydrogen-bond donors (Lipinski definition) is 1. The molecule has 2 heterocycles. The maximum Gasteiger partial charge on any atom is 0.254 e. The molecule has 0 saturated heterocycles. The van der Waals surface area contributed by atoms with E-state index in [1.165, 1.54) is 0 Å². The molecule has 8 heteroatoms. The van der Waals surface area contributed by atoms with Crippen molar-refractivity contribution in [3.8, 4) is 11.3 Å². The maximum atomic E-state index is 13.8. The summed E-state index contributed by atoms with van der Waals surface area (Å²) in [6, 6.07) is 10.2. The van der Waals surface area contributed by atoms with Gasteiger partial charge in [-0.2, -0.15) is 0 Å². The van der Waals surface area contributed by atoms with Crippen LogP contribution in [0.1, 0.15) is 16.1 Å². The number of carbonyl (C=O) groups excluding carboxylic acids is 1. The monoisotopic (exact) mass is 405 g/mol. The van der Waals surface area contributed by atoms with E-state index in [1.807, 2.05) is 12.1 Å². The molecule has 0 fully saturated rings. The average Bonchev–Trinajstić information content (AvgIpc) is 3.22. The van der Waals surface area contributed by atoms with E-state index in [9.17, 15) is 13.6 Å². The van der Waals surface area contributed by atoms with Crippen LogP contribution in [0.2, 0.25) is 5.02 Å². The second-order valence-corrected chi connectivity index (χ2v) is 7.50. The van der Waals surface area contributed by atoms with Gasteiger partial charge in [-0.25, -0.2) is 13.8 Å². The standard InChI is InChI=1S/C19H14ClF2N3OS/c20-12-3-1-11(2-4-12)17-16(25-7-8-27-19(25)24-17)10-23-18(26)14-6-5-13(21)9-15(14)22/h1-6,9H,7-8,10H2,(H,23,26). The summed E-state index contributed by atoms with van der Waals surface area (Å²) in [5.41, 5.74) is 2.29. The van der Waals surface area contributed by atoms with Crippen molar-refractivity contribution in [2.75, 3.05) is 5.75 Å². The molecule has 1 aromatic heterocycles. The van der Waals surface area contributed by atoms with Gasteiger partial charge in [0.15, 0.2) is 5.16 Å². The minimum absolute atomic E-state index is 0.182. The fourth-order valence-corrected chi connectivity index (χ4v) is 4.08. The second-order valence-electron chi connectivity index (χ2n) is 6.00. The molecule has 0 bridgehead atoms. The number of carbonyl (C=O) groups is 1. The van der Waals surface area contributed by atoms with Gasteiger partial charge in [-0.05, 0) is 24.3 Å². The van der Waals surface area contributed by atoms with E-state index in [0.29, 0.717) is 11.1 Å². The molecule has 3 aromatic rings. The lowest BCUT2D eigenvalue weighted by Crippen LogP contribution is -2.25. The van der Waals surface area contributed by atoms with Gasteiger partial charge in [0.05, 0.1) is 23.5 Å². The van der Waals surface area contributed by atoms with Crippen molar-refractivity contribution in [3.63, 3.8) is 0 Å². The summed E-state index contributed by atoms with van der Waals surface area (Å²) in [5.74, 6) is -1.30. The molecule has 138 valence electrons. The molecule has 0 unspecified atom stereocenters. The van der Waals surface area contributed by atoms with Crippen LogP contribution in [0.4, 0.5) is 8.78 Å². The lowest BCUT2D eigenvalue weighted by atomic mass is 10.1. The van der Waals surface area contributed by atoms with Gasteiger partial charge in [-0.15, -0.1) is 0 Å². The van der Waals surface area contributed by atoms with Crippen molar-refractivity contribution in [1.82, 2.24) is 14.9 Å². The Morgan fingerprint density at radius 1 is 1.22 bits per heavy atom. The van der Waals surface area contributed by atoms with E-state index >= 15 is 0 Å². The van der Waals surface area contributed by atoms with Crippen molar-refractivity contribution in [2.45, 2.75) is 18.2 Å². The van der Waals surface area contributed by atoms with Crippen molar-refractivity contribution < 1.29 is 13.6 Å². The summed E-state index contributed by atoms with van der Waals surface area (Å²) in [6.07, 6.45) is 0. The Bertz CT molecular complexity index is 1020. The maximum absolute atomic E-state index is 13.8. The first kappa shape index (κ1) is 18.0. The fraction of sp³-hybridized carbons (Fsp3) is 0.158. The highest BCUT2D eigenvalue weighted by atomic mass is 35.5. The Kier molecular flexibility index (Phi) is 4.88. The van der Waals surface area contributed by atoms with Crippen LogP contribution < -0.4 is 5.32 Å². The van der Waals surface area contributed by atoms with Crippen LogP contribution in [0.3, 0.4) is 0 Å². The number of halogens is 3. The molecule has 1 aliphatic rings. The van der Waals surface area contributed by atoms with E-state index in [0.717, 1.165) is 46.5 Å². The summed E-state index contributed by atoms with van der Waals surface area (Å²) in [5, 5.41) is 4.23. The van der Waals surface area contributed by atoms with Crippen molar-refractivity contribution in [2.24, 2.45) is 0 Å². The van der Waals surface area contributed by atoms with Crippen molar-refractivity contribution >= 4 is 29.3 Å². The number of nitrogens with zero attached hydrogens (tertiary/aromatic N) is 2. The highest BCUT2D eigenvalue weighted by Crippen LogP contribution is 2.33. The minimum atomic E-state index is -0.889. The Hall–Kier alpha value is -2.38. The van der Waals surface area contributed by atoms with Gasteiger partial charge in [0.1, 0.15) is 11.6 Å². The molecule has 27 heavy (non-hydrogen) atoms. The van der Waals surface area contributed by atoms with Crippen LogP contribution in [-0.2, 0) is 13.1 Å². The quantitative estimate of drug-likeness (QED) is 0.694. The molecule has 0 aliphatic carbocycles. The largest absolute Gasteiger partial charge is 0.346 e. The van der Waals surface area contributed by atoms with Crippen LogP contribution in [0.5, 0.6) is 0 Å². The normalized spacial score (nSPS) is 12.9. The lowest BCUT2D eigenvalue weighted by Gasteiger charge is -2.10. The van der Waals surface area contributed by atoms with Gasteiger partial charge in [0.2, 0.25) is 0 Å². The van der Waals surface area contributed by atoms with Gasteiger partial charge in [-0.1, -0.05) is 35.5 Å². The third-order valence-electron chi connectivity index (χ3n) is 4.29. The second kappa shape index (κ2) is 7.32. The Balaban J connectivity index is 1.61. The summed E-state index contributed by atoms with van der Waals surface area (Å²) >= 11 is 7.61. The number of fused-ring (bicyclic) bond motifs is 1. The number of aromatic nitrogens is 2. The Morgan fingerprint density at radius 2 is 2.00 bits per heavy atom. The molecule has 0 atom stereocenters. The summed E-state index contributed by atoms with van der Waals surface area (Å²) in [6.45, 7) is 0.970. The first-order chi connectivity index (χ1) is 13.0. The van der Waals surface area contributed by atoms with Crippen molar-refractivity contribution in [3.05, 3.63) is 70.4 Å². The predicted octanol–water partition coefficient (Wildman–Crippen LogP) is 4.52. The molecule has 0 radical (unpaired) electrons. The number of nitrogens with one attached hydrogen (secondary N) is 1. The molecule has 0 spiro atoms. The topological polar surface area (TPSA) is 46.9 Å². The first-order valence-electron chi connectivity index (χ1n) is 8.24. The zero-order valence-corrected chi connectivity index (χ0v) is 15.6. The summed E-state index contributed by atoms with van der Waals surface area (Å²) < 4.78 is 28.9. The molecule has 1 N–H and O–H groups in total. The number of hydrogen-bond acceptors (Lipinski definition) is 3. The fourth-order valence-electron chi connectivity index (χ4n) is 2.98. The number of benzene rings is 2. The van der Waals surface area contributed by atoms with Crippen LogP contribution in [0.15, 0.2) is 47.6 Å². The smallest absolute Gasteiger partial charge is 0.254 e. The Morgan fingerprint density at radius 3 is 2.74 bits per heavy atom. The average molecular weight is 406 g/mol. The SMILES string of the molecule is O=C(NCc1c(-c2ccc(Cl)cc2)nc2n1CCS2)c1ccc(F)cc1F. The van der Waals surface area contributed by atoms with E-state index in [-0.39, 0.29) is 12.1 Å². The highest BCUT2D eigenvalue weighted by molar-refractivity contribution is 7.99. The van der Waals surface area contributed by atoms with Crippen LogP contribution >= 0.6 is 23.4 Å². The number of rotatable bonds is 4. The first-order valence-corrected chi connectivity index (χ1v) is 9.60. The van der Waals surface area contributed by atoms with E-state index in [1.54, 1.807) is 23.9 Å². The van der Waals surface area contributed by atoms with Crippen LogP contribution in [0, 0.1) is 11.6 Å². The van der Waals surface area contributed by atoms with Gasteiger partial charge < -0.3 is 9.88 Å². The third-order valence-corrected chi connectivity index (χ3v) is 5.50. The number of thioether (sulfide) groups is 1. The predicted molar refractivity (Wildman–Crippen MR) is 101 cm³/mol. The zero-order valence-electron chi connectivity index (χ0n) is 14.0. The zero-order chi connectivity index (χ0) is 19.0. The number of amides is 1. The van der Waals surface area contributed by atoms with E-state index < -0.39 is 17.5 Å². The van der Waals surface area contributed by atoms with Gasteiger partial charge in [-0.3, -0.25) is 4.79 Å². The highest BCUT2D eigenvalue weighted by Gasteiger charge is 2.23. The molecule has 2 aromatic carbocycles. The van der Waals surface area contributed by atoms with Crippen LogP contribution in [0.25, 0.3) is 11.3 Å². The third kappa shape index (κ3) is 3.57. The molecule has 4 rings (SSSR count). The molecule has 4 nitrogen and oxygen atoms in total. The molecule has 1 aliphatic heterocycles. The van der Waals surface area contributed by atoms with Crippen molar-refractivity contribution in [1.29, 1.82) is 0 Å². The Labute approximate surface area is 163 Å². The molecule has 0 saturated carbocycles. The van der Waals surface area contributed by atoms with Gasteiger partial charge >= 0.3 is 0 Å². The molecule has 1 amide bonds. The minimum Gasteiger partial charge on any atom is -0.346 e. The molecular weight excluding hydrogens is 392 g/mol. The molecular formula is C19H14ClF2N3OS. The van der Waals surface area contributed by atoms with E-state index in [2.05, 4.69) is 14.9 Å². The van der Waals surface area contributed by atoms with E-state index in [4.69, 9.17) is 11.6 Å². The van der Waals surface area contributed by atoms with Gasteiger partial charge in [0.25, 0.3) is 5.91 Å².